The number of ether oxygens (including phenoxy) is 1. The van der Waals surface area contributed by atoms with Crippen LogP contribution >= 0.6 is 0 Å². The summed E-state index contributed by atoms with van der Waals surface area (Å²) in [7, 11) is 0. The predicted octanol–water partition coefficient (Wildman–Crippen LogP) is 4.66. The summed E-state index contributed by atoms with van der Waals surface area (Å²) in [6.45, 7) is 9.15. The number of morpholine rings is 1. The van der Waals surface area contributed by atoms with Crippen molar-refractivity contribution in [2.75, 3.05) is 31.2 Å². The minimum absolute atomic E-state index is 0.0277. The van der Waals surface area contributed by atoms with Crippen LogP contribution in [0, 0.1) is 0 Å². The normalized spacial score (nSPS) is 13.9. The largest absolute Gasteiger partial charge is 0.477 e. The molecule has 2 aromatic heterocycles. The van der Waals surface area contributed by atoms with Gasteiger partial charge in [0, 0.05) is 18.8 Å². The third-order valence-electron chi connectivity index (χ3n) is 5.82. The lowest BCUT2D eigenvalue weighted by atomic mass is 9.99. The fourth-order valence-corrected chi connectivity index (χ4v) is 4.17. The molecule has 7 nitrogen and oxygen atoms in total. The number of aromatic nitrogens is 3. The van der Waals surface area contributed by atoms with Crippen LogP contribution in [-0.2, 0) is 4.74 Å². The first-order valence-electron chi connectivity index (χ1n) is 10.8. The van der Waals surface area contributed by atoms with Crippen LogP contribution < -0.4 is 4.90 Å². The Hall–Kier alpha value is -3.97. The predicted molar refractivity (Wildman–Crippen MR) is 129 cm³/mol. The van der Waals surface area contributed by atoms with Gasteiger partial charge in [0.15, 0.2) is 11.3 Å². The number of para-hydroxylation sites is 1. The number of aromatic carboxylic acids is 1. The third-order valence-corrected chi connectivity index (χ3v) is 5.82. The maximum atomic E-state index is 11.9. The van der Waals surface area contributed by atoms with E-state index in [-0.39, 0.29) is 5.69 Å². The highest BCUT2D eigenvalue weighted by atomic mass is 16.5. The van der Waals surface area contributed by atoms with Gasteiger partial charge >= 0.3 is 5.97 Å². The second-order valence-electron chi connectivity index (χ2n) is 8.08. The van der Waals surface area contributed by atoms with Gasteiger partial charge in [0.25, 0.3) is 0 Å². The summed E-state index contributed by atoms with van der Waals surface area (Å²) in [5.41, 5.74) is 5.54. The van der Waals surface area contributed by atoms with E-state index in [4.69, 9.17) is 9.84 Å². The number of carboxylic acid groups (broad SMARTS) is 1. The van der Waals surface area contributed by atoms with Crippen molar-refractivity contribution in [1.29, 1.82) is 0 Å². The summed E-state index contributed by atoms with van der Waals surface area (Å²) in [5.74, 6) is -1.08. The zero-order valence-corrected chi connectivity index (χ0v) is 18.4. The molecule has 0 saturated carbocycles. The molecule has 3 heterocycles. The highest BCUT2D eigenvalue weighted by Gasteiger charge is 2.22. The maximum absolute atomic E-state index is 11.9. The average molecular weight is 441 g/mol. The maximum Gasteiger partial charge on any atom is 0.354 e. The summed E-state index contributed by atoms with van der Waals surface area (Å²) in [5, 5.41) is 15.3. The second kappa shape index (κ2) is 8.52. The quantitative estimate of drug-likeness (QED) is 0.486. The molecule has 1 fully saturated rings. The highest BCUT2D eigenvalue weighted by Crippen LogP contribution is 2.35. The summed E-state index contributed by atoms with van der Waals surface area (Å²) < 4.78 is 7.14. The van der Waals surface area contributed by atoms with Gasteiger partial charge in [-0.25, -0.2) is 14.5 Å². The summed E-state index contributed by atoms with van der Waals surface area (Å²) in [4.78, 5) is 18.7. The summed E-state index contributed by atoms with van der Waals surface area (Å²) in [6.07, 6.45) is 0. The van der Waals surface area contributed by atoms with Crippen LogP contribution in [0.3, 0.4) is 0 Å². The fourth-order valence-electron chi connectivity index (χ4n) is 4.17. The average Bonchev–Trinajstić information content (AvgIpc) is 3.25. The van der Waals surface area contributed by atoms with Crippen molar-refractivity contribution in [2.45, 2.75) is 6.92 Å². The van der Waals surface area contributed by atoms with Crippen LogP contribution in [0.2, 0.25) is 0 Å². The van der Waals surface area contributed by atoms with Crippen LogP contribution in [0.1, 0.15) is 23.1 Å². The summed E-state index contributed by atoms with van der Waals surface area (Å²) in [6, 6.07) is 19.4. The molecule has 33 heavy (non-hydrogen) atoms. The number of benzene rings is 2. The zero-order chi connectivity index (χ0) is 22.9. The van der Waals surface area contributed by atoms with Gasteiger partial charge in [0.2, 0.25) is 0 Å². The molecule has 166 valence electrons. The molecule has 0 spiro atoms. The number of nitrogens with zero attached hydrogens (tertiary/aromatic N) is 4. The zero-order valence-electron chi connectivity index (χ0n) is 18.4. The fraction of sp³-hybridized carbons (Fsp3) is 0.192. The number of pyridine rings is 1. The molecule has 0 amide bonds. The third kappa shape index (κ3) is 3.87. The van der Waals surface area contributed by atoms with E-state index in [1.54, 1.807) is 10.7 Å². The lowest BCUT2D eigenvalue weighted by molar-refractivity contribution is 0.0691. The van der Waals surface area contributed by atoms with Crippen LogP contribution in [0.4, 0.5) is 5.69 Å². The minimum atomic E-state index is -1.08. The molecule has 5 rings (SSSR count). The SMILES string of the molecule is C=C(C)c1nn(-c2ccccc2)c2nc(C(=O)O)cc(-c3ccc(N4CCOCC4)cc3)c12. The van der Waals surface area contributed by atoms with E-state index in [0.717, 1.165) is 59.8 Å². The van der Waals surface area contributed by atoms with Crippen molar-refractivity contribution in [3.8, 4) is 16.8 Å². The smallest absolute Gasteiger partial charge is 0.354 e. The Labute approximate surface area is 191 Å². The van der Waals surface area contributed by atoms with E-state index in [1.165, 1.54) is 0 Å². The van der Waals surface area contributed by atoms with Crippen molar-refractivity contribution in [3.63, 3.8) is 0 Å². The lowest BCUT2D eigenvalue weighted by Gasteiger charge is -2.29. The van der Waals surface area contributed by atoms with Crippen molar-refractivity contribution in [2.24, 2.45) is 0 Å². The first-order valence-corrected chi connectivity index (χ1v) is 10.8. The van der Waals surface area contributed by atoms with E-state index in [9.17, 15) is 9.90 Å². The van der Waals surface area contributed by atoms with E-state index >= 15 is 0 Å². The standard InChI is InChI=1S/C26H24N4O3/c1-17(2)24-23-21(18-8-10-19(11-9-18)29-12-14-33-15-13-29)16-22(26(31)32)27-25(23)30(28-24)20-6-4-3-5-7-20/h3-11,16H,1,12-15H2,2H3,(H,31,32). The Balaban J connectivity index is 1.72. The number of carboxylic acids is 1. The number of fused-ring (bicyclic) bond motifs is 1. The van der Waals surface area contributed by atoms with Gasteiger partial charge in [-0.2, -0.15) is 5.10 Å². The monoisotopic (exact) mass is 440 g/mol. The van der Waals surface area contributed by atoms with Gasteiger partial charge in [-0.3, -0.25) is 0 Å². The number of carbonyl (C=O) groups is 1. The molecule has 1 N–H and O–H groups in total. The Morgan fingerprint density at radius 2 is 1.73 bits per heavy atom. The van der Waals surface area contributed by atoms with Crippen molar-refractivity contribution in [1.82, 2.24) is 14.8 Å². The van der Waals surface area contributed by atoms with Gasteiger partial charge in [-0.05, 0) is 54.0 Å². The molecular weight excluding hydrogens is 416 g/mol. The van der Waals surface area contributed by atoms with Gasteiger partial charge in [-0.15, -0.1) is 0 Å². The first kappa shape index (κ1) is 20.9. The number of hydrogen-bond acceptors (Lipinski definition) is 5. The van der Waals surface area contributed by atoms with Gasteiger partial charge in [-0.1, -0.05) is 36.9 Å². The lowest BCUT2D eigenvalue weighted by Crippen LogP contribution is -2.36. The molecule has 0 unspecified atom stereocenters. The van der Waals surface area contributed by atoms with Crippen LogP contribution in [0.5, 0.6) is 0 Å². The molecule has 7 heteroatoms. The number of hydrogen-bond donors (Lipinski definition) is 1. The molecule has 1 saturated heterocycles. The topological polar surface area (TPSA) is 80.5 Å². The molecule has 4 aromatic rings. The molecular formula is C26H24N4O3. The highest BCUT2D eigenvalue weighted by molar-refractivity contribution is 6.03. The number of allylic oxidation sites excluding steroid dienone is 1. The molecule has 1 aliphatic rings. The number of rotatable bonds is 5. The second-order valence-corrected chi connectivity index (χ2v) is 8.08. The van der Waals surface area contributed by atoms with E-state index < -0.39 is 5.97 Å². The molecule has 1 aliphatic heterocycles. The minimum Gasteiger partial charge on any atom is -0.477 e. The van der Waals surface area contributed by atoms with Gasteiger partial charge < -0.3 is 14.7 Å². The summed E-state index contributed by atoms with van der Waals surface area (Å²) >= 11 is 0. The van der Waals surface area contributed by atoms with Crippen LogP contribution in [0.25, 0.3) is 33.4 Å². The van der Waals surface area contributed by atoms with E-state index in [2.05, 4.69) is 28.6 Å². The number of anilines is 1. The van der Waals surface area contributed by atoms with Crippen molar-refractivity contribution < 1.29 is 14.6 Å². The molecule has 0 aliphatic carbocycles. The van der Waals surface area contributed by atoms with E-state index in [0.29, 0.717) is 11.3 Å². The first-order chi connectivity index (χ1) is 16.0. The van der Waals surface area contributed by atoms with Crippen molar-refractivity contribution in [3.05, 3.63) is 78.6 Å². The molecule has 0 atom stereocenters. The Morgan fingerprint density at radius 3 is 2.36 bits per heavy atom. The Bertz CT molecular complexity index is 1340. The van der Waals surface area contributed by atoms with Crippen LogP contribution in [-0.4, -0.2) is 52.1 Å². The Kier molecular flexibility index (Phi) is 5.40. The van der Waals surface area contributed by atoms with Crippen LogP contribution in [0.15, 0.2) is 67.2 Å². The molecule has 2 aromatic carbocycles. The Morgan fingerprint density at radius 1 is 1.03 bits per heavy atom. The van der Waals surface area contributed by atoms with Gasteiger partial charge in [0.1, 0.15) is 0 Å². The molecule has 0 bridgehead atoms. The van der Waals surface area contributed by atoms with Crippen molar-refractivity contribution >= 4 is 28.3 Å². The molecule has 0 radical (unpaired) electrons. The van der Waals surface area contributed by atoms with Gasteiger partial charge in [0.05, 0.1) is 30.0 Å². The van der Waals surface area contributed by atoms with E-state index in [1.807, 2.05) is 49.4 Å².